The van der Waals surface area contributed by atoms with E-state index in [0.717, 1.165) is 0 Å². The Bertz CT molecular complexity index is 225. The van der Waals surface area contributed by atoms with E-state index >= 15 is 0 Å². The molecular formula is C9H15NO3. The minimum Gasteiger partial charge on any atom is -0.447 e. The summed E-state index contributed by atoms with van der Waals surface area (Å²) in [6.45, 7) is 6.03. The van der Waals surface area contributed by atoms with Crippen molar-refractivity contribution in [1.82, 2.24) is 4.90 Å². The average Bonchev–Trinajstić information content (AvgIpc) is 2.46. The van der Waals surface area contributed by atoms with Gasteiger partial charge in [0.15, 0.2) is 0 Å². The molecule has 1 aliphatic heterocycles. The van der Waals surface area contributed by atoms with E-state index in [4.69, 9.17) is 4.74 Å². The van der Waals surface area contributed by atoms with Gasteiger partial charge in [-0.15, -0.1) is 0 Å². The fraction of sp³-hybridized carbons (Fsp3) is 0.778. The van der Waals surface area contributed by atoms with Gasteiger partial charge < -0.3 is 4.74 Å². The standard InChI is InChI=1S/C9H15NO3/c1-4-8(11)10-7(6(2)3)5-13-9(10)12/h6-7H,4-5H2,1-3H3/t7-/m1/s1. The third-order valence-corrected chi connectivity index (χ3v) is 2.25. The zero-order valence-corrected chi connectivity index (χ0v) is 8.24. The molecule has 4 heteroatoms. The second-order valence-corrected chi connectivity index (χ2v) is 3.51. The molecule has 4 nitrogen and oxygen atoms in total. The van der Waals surface area contributed by atoms with Crippen LogP contribution in [0.25, 0.3) is 0 Å². The zero-order valence-electron chi connectivity index (χ0n) is 8.24. The molecule has 1 rings (SSSR count). The van der Waals surface area contributed by atoms with Crippen molar-refractivity contribution >= 4 is 12.0 Å². The third kappa shape index (κ3) is 1.82. The summed E-state index contributed by atoms with van der Waals surface area (Å²) in [7, 11) is 0. The highest BCUT2D eigenvalue weighted by Gasteiger charge is 2.38. The summed E-state index contributed by atoms with van der Waals surface area (Å²) in [5.41, 5.74) is 0. The maximum Gasteiger partial charge on any atom is 0.416 e. The van der Waals surface area contributed by atoms with Gasteiger partial charge in [-0.1, -0.05) is 20.8 Å². The SMILES string of the molecule is CCC(=O)N1C(=O)OC[C@@H]1C(C)C. The average molecular weight is 185 g/mol. The number of carbonyl (C=O) groups excluding carboxylic acids is 2. The monoisotopic (exact) mass is 185 g/mol. The summed E-state index contributed by atoms with van der Waals surface area (Å²) in [4.78, 5) is 23.8. The first-order valence-corrected chi connectivity index (χ1v) is 4.56. The number of hydrogen-bond donors (Lipinski definition) is 0. The first-order chi connectivity index (χ1) is 6.07. The van der Waals surface area contributed by atoms with Gasteiger partial charge in [-0.2, -0.15) is 0 Å². The van der Waals surface area contributed by atoms with E-state index in [1.165, 1.54) is 4.90 Å². The molecule has 2 amide bonds. The third-order valence-electron chi connectivity index (χ3n) is 2.25. The molecule has 74 valence electrons. The van der Waals surface area contributed by atoms with Crippen LogP contribution >= 0.6 is 0 Å². The molecule has 0 radical (unpaired) electrons. The van der Waals surface area contributed by atoms with Crippen LogP contribution in [0.2, 0.25) is 0 Å². The molecular weight excluding hydrogens is 170 g/mol. The summed E-state index contributed by atoms with van der Waals surface area (Å²) < 4.78 is 4.83. The largest absolute Gasteiger partial charge is 0.447 e. The summed E-state index contributed by atoms with van der Waals surface area (Å²) in [5, 5.41) is 0. The molecule has 0 bridgehead atoms. The van der Waals surface area contributed by atoms with Gasteiger partial charge in [0.05, 0.1) is 6.04 Å². The van der Waals surface area contributed by atoms with Crippen molar-refractivity contribution in [1.29, 1.82) is 0 Å². The van der Waals surface area contributed by atoms with Gasteiger partial charge in [0.25, 0.3) is 0 Å². The second-order valence-electron chi connectivity index (χ2n) is 3.51. The molecule has 1 heterocycles. The van der Waals surface area contributed by atoms with Crippen LogP contribution in [0.1, 0.15) is 27.2 Å². The summed E-state index contributed by atoms with van der Waals surface area (Å²) in [5.74, 6) is 0.100. The number of imide groups is 1. The predicted octanol–water partition coefficient (Wildman–Crippen LogP) is 1.40. The molecule has 0 unspecified atom stereocenters. The predicted molar refractivity (Wildman–Crippen MR) is 47.1 cm³/mol. The van der Waals surface area contributed by atoms with Crippen LogP contribution in [0.15, 0.2) is 0 Å². The highest BCUT2D eigenvalue weighted by atomic mass is 16.6. The van der Waals surface area contributed by atoms with E-state index in [9.17, 15) is 9.59 Å². The molecule has 0 aromatic rings. The second kappa shape index (κ2) is 3.77. The summed E-state index contributed by atoms with van der Waals surface area (Å²) in [6, 6.07) is -0.0834. The van der Waals surface area contributed by atoms with Crippen molar-refractivity contribution in [3.8, 4) is 0 Å². The lowest BCUT2D eigenvalue weighted by molar-refractivity contribution is -0.129. The summed E-state index contributed by atoms with van der Waals surface area (Å²) >= 11 is 0. The molecule has 0 spiro atoms. The van der Waals surface area contributed by atoms with E-state index in [1.54, 1.807) is 6.92 Å². The highest BCUT2D eigenvalue weighted by Crippen LogP contribution is 2.20. The lowest BCUT2D eigenvalue weighted by atomic mass is 10.0. The van der Waals surface area contributed by atoms with Crippen molar-refractivity contribution in [2.75, 3.05) is 6.61 Å². The van der Waals surface area contributed by atoms with Gasteiger partial charge in [-0.25, -0.2) is 9.69 Å². The lowest BCUT2D eigenvalue weighted by Crippen LogP contribution is -2.41. The zero-order chi connectivity index (χ0) is 10.0. The van der Waals surface area contributed by atoms with Crippen LogP contribution in [-0.2, 0) is 9.53 Å². The van der Waals surface area contributed by atoms with Gasteiger partial charge >= 0.3 is 6.09 Å². The Kier molecular flexibility index (Phi) is 2.90. The molecule has 0 saturated carbocycles. The van der Waals surface area contributed by atoms with Crippen LogP contribution in [0.4, 0.5) is 4.79 Å². The molecule has 1 aliphatic rings. The number of amides is 2. The Labute approximate surface area is 77.8 Å². The molecule has 13 heavy (non-hydrogen) atoms. The minimum atomic E-state index is -0.495. The number of ether oxygens (including phenoxy) is 1. The van der Waals surface area contributed by atoms with E-state index in [0.29, 0.717) is 13.0 Å². The van der Waals surface area contributed by atoms with Crippen LogP contribution in [0, 0.1) is 5.92 Å². The Morgan fingerprint density at radius 3 is 2.77 bits per heavy atom. The molecule has 0 aliphatic carbocycles. The first-order valence-electron chi connectivity index (χ1n) is 4.56. The topological polar surface area (TPSA) is 46.6 Å². The summed E-state index contributed by atoms with van der Waals surface area (Å²) in [6.07, 6.45) is -0.149. The van der Waals surface area contributed by atoms with E-state index in [1.807, 2.05) is 13.8 Å². The van der Waals surface area contributed by atoms with Gasteiger partial charge in [0.1, 0.15) is 6.61 Å². The van der Waals surface area contributed by atoms with Gasteiger partial charge in [-0.05, 0) is 5.92 Å². The quantitative estimate of drug-likeness (QED) is 0.653. The lowest BCUT2D eigenvalue weighted by Gasteiger charge is -2.21. The molecule has 0 aromatic heterocycles. The van der Waals surface area contributed by atoms with E-state index < -0.39 is 6.09 Å². The fourth-order valence-electron chi connectivity index (χ4n) is 1.38. The van der Waals surface area contributed by atoms with Gasteiger partial charge in [0, 0.05) is 6.42 Å². The van der Waals surface area contributed by atoms with Crippen LogP contribution in [0.3, 0.4) is 0 Å². The fourth-order valence-corrected chi connectivity index (χ4v) is 1.38. The van der Waals surface area contributed by atoms with Crippen molar-refractivity contribution in [2.24, 2.45) is 5.92 Å². The van der Waals surface area contributed by atoms with E-state index in [-0.39, 0.29) is 17.9 Å². The minimum absolute atomic E-state index is 0.0834. The van der Waals surface area contributed by atoms with Crippen molar-refractivity contribution < 1.29 is 14.3 Å². The maximum atomic E-state index is 11.4. The number of rotatable bonds is 2. The molecule has 0 N–H and O–H groups in total. The van der Waals surface area contributed by atoms with Gasteiger partial charge in [0.2, 0.25) is 5.91 Å². The Hall–Kier alpha value is -1.06. The molecule has 1 atom stereocenters. The van der Waals surface area contributed by atoms with E-state index in [2.05, 4.69) is 0 Å². The van der Waals surface area contributed by atoms with Crippen LogP contribution < -0.4 is 0 Å². The smallest absolute Gasteiger partial charge is 0.416 e. The normalized spacial score (nSPS) is 22.3. The van der Waals surface area contributed by atoms with Crippen molar-refractivity contribution in [3.05, 3.63) is 0 Å². The Morgan fingerprint density at radius 1 is 1.69 bits per heavy atom. The Morgan fingerprint density at radius 2 is 2.31 bits per heavy atom. The van der Waals surface area contributed by atoms with Crippen LogP contribution in [0.5, 0.6) is 0 Å². The first kappa shape index (κ1) is 10.0. The molecule has 0 aromatic carbocycles. The highest BCUT2D eigenvalue weighted by molar-refractivity contribution is 5.93. The number of cyclic esters (lactones) is 1. The maximum absolute atomic E-state index is 11.4. The number of hydrogen-bond acceptors (Lipinski definition) is 3. The number of carbonyl (C=O) groups is 2. The molecule has 1 saturated heterocycles. The van der Waals surface area contributed by atoms with Crippen molar-refractivity contribution in [3.63, 3.8) is 0 Å². The van der Waals surface area contributed by atoms with Gasteiger partial charge in [-0.3, -0.25) is 4.79 Å². The molecule has 1 fully saturated rings. The van der Waals surface area contributed by atoms with Crippen LogP contribution in [-0.4, -0.2) is 29.5 Å². The van der Waals surface area contributed by atoms with Crippen molar-refractivity contribution in [2.45, 2.75) is 33.2 Å². The Balaban J connectivity index is 2.77. The number of nitrogens with zero attached hydrogens (tertiary/aromatic N) is 1.